The lowest BCUT2D eigenvalue weighted by Gasteiger charge is -2.37. The molecule has 0 amide bonds. The molecule has 0 atom stereocenters. The Balaban J connectivity index is 0.00000243. The molecule has 1 aromatic carbocycles. The van der Waals surface area contributed by atoms with Crippen LogP contribution in [0.3, 0.4) is 0 Å². The van der Waals surface area contributed by atoms with Crippen molar-refractivity contribution in [3.8, 4) is 0 Å². The highest BCUT2D eigenvalue weighted by Gasteiger charge is 2.21. The van der Waals surface area contributed by atoms with Gasteiger partial charge in [0.15, 0.2) is 5.96 Å². The maximum Gasteiger partial charge on any atom is 0.194 e. The van der Waals surface area contributed by atoms with E-state index >= 15 is 0 Å². The normalized spacial score (nSPS) is 17.8. The number of benzene rings is 1. The van der Waals surface area contributed by atoms with Crippen molar-refractivity contribution in [2.24, 2.45) is 10.9 Å². The van der Waals surface area contributed by atoms with Crippen molar-refractivity contribution in [1.29, 1.82) is 0 Å². The number of rotatable bonds is 7. The molecule has 1 heterocycles. The second-order valence-corrected chi connectivity index (χ2v) is 6.70. The van der Waals surface area contributed by atoms with Gasteiger partial charge in [0.25, 0.3) is 0 Å². The van der Waals surface area contributed by atoms with Gasteiger partial charge in [0.2, 0.25) is 0 Å². The Morgan fingerprint density at radius 3 is 2.50 bits per heavy atom. The fraction of sp³-hybridized carbons (Fsp3) is 0.632. The van der Waals surface area contributed by atoms with Crippen LogP contribution in [0.4, 0.5) is 10.1 Å². The maximum atomic E-state index is 13.1. The van der Waals surface area contributed by atoms with E-state index in [4.69, 9.17) is 9.73 Å². The predicted molar refractivity (Wildman–Crippen MR) is 115 cm³/mol. The first kappa shape index (κ1) is 21.2. The minimum atomic E-state index is -0.187. The average molecular weight is 476 g/mol. The van der Waals surface area contributed by atoms with Gasteiger partial charge in [-0.25, -0.2) is 4.39 Å². The monoisotopic (exact) mass is 476 g/mol. The van der Waals surface area contributed by atoms with Crippen molar-refractivity contribution in [1.82, 2.24) is 10.2 Å². The van der Waals surface area contributed by atoms with Gasteiger partial charge >= 0.3 is 0 Å². The van der Waals surface area contributed by atoms with Gasteiger partial charge in [0, 0.05) is 45.0 Å². The quantitative estimate of drug-likeness (QED) is 0.285. The predicted octanol–water partition coefficient (Wildman–Crippen LogP) is 2.96. The molecule has 1 saturated carbocycles. The number of hydrogen-bond acceptors (Lipinski definition) is 3. The van der Waals surface area contributed by atoms with E-state index in [9.17, 15) is 4.39 Å². The zero-order valence-corrected chi connectivity index (χ0v) is 17.8. The standard InChI is InChI=1S/C19H29FN4O.HI/c1-2-21-19(22-9-14-25-15-16-3-4-16)24-12-10-23(11-13-24)18-7-5-17(20)6-8-18;/h5-8,16H,2-4,9-15H2,1H3,(H,21,22);1H. The van der Waals surface area contributed by atoms with Gasteiger partial charge in [-0.1, -0.05) is 0 Å². The van der Waals surface area contributed by atoms with Crippen LogP contribution in [0, 0.1) is 11.7 Å². The number of guanidine groups is 1. The molecule has 0 aromatic heterocycles. The molecule has 0 unspecified atom stereocenters. The lowest BCUT2D eigenvalue weighted by molar-refractivity contribution is 0.131. The van der Waals surface area contributed by atoms with Crippen LogP contribution in [-0.4, -0.2) is 63.3 Å². The molecular weight excluding hydrogens is 446 g/mol. The first-order valence-electron chi connectivity index (χ1n) is 9.38. The zero-order valence-electron chi connectivity index (χ0n) is 15.5. The maximum absolute atomic E-state index is 13.1. The van der Waals surface area contributed by atoms with E-state index < -0.39 is 0 Å². The summed E-state index contributed by atoms with van der Waals surface area (Å²) in [7, 11) is 0. The fourth-order valence-corrected chi connectivity index (χ4v) is 3.00. The van der Waals surface area contributed by atoms with Crippen LogP contribution in [0.1, 0.15) is 19.8 Å². The number of aliphatic imine (C=N–C) groups is 1. The molecule has 1 aromatic rings. The first-order valence-corrected chi connectivity index (χ1v) is 9.38. The Labute approximate surface area is 173 Å². The summed E-state index contributed by atoms with van der Waals surface area (Å²) < 4.78 is 18.7. The number of piperazine rings is 1. The molecule has 7 heteroatoms. The van der Waals surface area contributed by atoms with Crippen LogP contribution in [-0.2, 0) is 4.74 Å². The highest BCUT2D eigenvalue weighted by atomic mass is 127. The van der Waals surface area contributed by atoms with Crippen LogP contribution in [0.25, 0.3) is 0 Å². The van der Waals surface area contributed by atoms with Crippen molar-refractivity contribution < 1.29 is 9.13 Å². The van der Waals surface area contributed by atoms with Gasteiger partial charge in [-0.2, -0.15) is 0 Å². The molecule has 0 radical (unpaired) electrons. The number of nitrogens with zero attached hydrogens (tertiary/aromatic N) is 3. The summed E-state index contributed by atoms with van der Waals surface area (Å²) in [6.07, 6.45) is 2.65. The van der Waals surface area contributed by atoms with Crippen molar-refractivity contribution >= 4 is 35.6 Å². The Hall–Kier alpha value is -1.09. The smallest absolute Gasteiger partial charge is 0.194 e. The van der Waals surface area contributed by atoms with Crippen molar-refractivity contribution in [2.75, 3.05) is 57.4 Å². The number of halogens is 2. The Kier molecular flexibility index (Phi) is 8.90. The van der Waals surface area contributed by atoms with Crippen LogP contribution < -0.4 is 10.2 Å². The molecule has 2 aliphatic rings. The molecule has 1 aliphatic heterocycles. The van der Waals surface area contributed by atoms with Gasteiger partial charge in [-0.05, 0) is 49.9 Å². The summed E-state index contributed by atoms with van der Waals surface area (Å²) in [5.74, 6) is 1.58. The summed E-state index contributed by atoms with van der Waals surface area (Å²) in [6, 6.07) is 6.74. The third kappa shape index (κ3) is 6.57. The van der Waals surface area contributed by atoms with E-state index in [0.717, 1.165) is 56.9 Å². The van der Waals surface area contributed by atoms with Crippen LogP contribution in [0.2, 0.25) is 0 Å². The number of hydrogen-bond donors (Lipinski definition) is 1. The SMILES string of the molecule is CCNC(=NCCOCC1CC1)N1CCN(c2ccc(F)cc2)CC1.I. The average Bonchev–Trinajstić information content (AvgIpc) is 3.46. The second kappa shape index (κ2) is 10.9. The van der Waals surface area contributed by atoms with Crippen molar-refractivity contribution in [2.45, 2.75) is 19.8 Å². The van der Waals surface area contributed by atoms with Crippen LogP contribution in [0.15, 0.2) is 29.3 Å². The molecule has 1 aliphatic carbocycles. The zero-order chi connectivity index (χ0) is 17.5. The lowest BCUT2D eigenvalue weighted by atomic mass is 10.2. The van der Waals surface area contributed by atoms with Gasteiger partial charge < -0.3 is 19.9 Å². The highest BCUT2D eigenvalue weighted by molar-refractivity contribution is 14.0. The molecule has 1 saturated heterocycles. The van der Waals surface area contributed by atoms with E-state index in [1.165, 1.54) is 25.0 Å². The molecule has 5 nitrogen and oxygen atoms in total. The minimum Gasteiger partial charge on any atom is -0.379 e. The van der Waals surface area contributed by atoms with E-state index in [0.29, 0.717) is 13.2 Å². The molecule has 0 bridgehead atoms. The summed E-state index contributed by atoms with van der Waals surface area (Å²) >= 11 is 0. The third-order valence-electron chi connectivity index (χ3n) is 4.65. The van der Waals surface area contributed by atoms with E-state index in [2.05, 4.69) is 22.0 Å². The molecule has 3 rings (SSSR count). The molecule has 26 heavy (non-hydrogen) atoms. The fourth-order valence-electron chi connectivity index (χ4n) is 3.00. The molecule has 2 fully saturated rings. The third-order valence-corrected chi connectivity index (χ3v) is 4.65. The Morgan fingerprint density at radius 1 is 1.19 bits per heavy atom. The van der Waals surface area contributed by atoms with Gasteiger partial charge in [-0.15, -0.1) is 24.0 Å². The van der Waals surface area contributed by atoms with E-state index in [1.54, 1.807) is 0 Å². The summed E-state index contributed by atoms with van der Waals surface area (Å²) in [4.78, 5) is 9.29. The van der Waals surface area contributed by atoms with Gasteiger partial charge in [-0.3, -0.25) is 4.99 Å². The molecule has 0 spiro atoms. The first-order chi connectivity index (χ1) is 12.3. The van der Waals surface area contributed by atoms with Gasteiger partial charge in [0.05, 0.1) is 13.2 Å². The number of anilines is 1. The second-order valence-electron chi connectivity index (χ2n) is 6.70. The number of ether oxygens (including phenoxy) is 1. The van der Waals surface area contributed by atoms with E-state index in [1.807, 2.05) is 12.1 Å². The Morgan fingerprint density at radius 2 is 1.88 bits per heavy atom. The summed E-state index contributed by atoms with van der Waals surface area (Å²) in [5, 5.41) is 3.38. The molecule has 146 valence electrons. The van der Waals surface area contributed by atoms with Gasteiger partial charge in [0.1, 0.15) is 5.82 Å². The number of nitrogens with one attached hydrogen (secondary N) is 1. The summed E-state index contributed by atoms with van der Waals surface area (Å²) in [5.41, 5.74) is 1.08. The van der Waals surface area contributed by atoms with E-state index in [-0.39, 0.29) is 29.8 Å². The summed E-state index contributed by atoms with van der Waals surface area (Å²) in [6.45, 7) is 8.88. The minimum absolute atomic E-state index is 0. The van der Waals surface area contributed by atoms with Crippen molar-refractivity contribution in [3.63, 3.8) is 0 Å². The van der Waals surface area contributed by atoms with Crippen LogP contribution >= 0.6 is 24.0 Å². The molecular formula is C19H30FIN4O. The Bertz CT molecular complexity index is 557. The molecule has 1 N–H and O–H groups in total. The van der Waals surface area contributed by atoms with Crippen LogP contribution in [0.5, 0.6) is 0 Å². The largest absolute Gasteiger partial charge is 0.379 e. The lowest BCUT2D eigenvalue weighted by Crippen LogP contribution is -2.52. The highest BCUT2D eigenvalue weighted by Crippen LogP contribution is 2.28. The topological polar surface area (TPSA) is 40.1 Å². The van der Waals surface area contributed by atoms with Crippen molar-refractivity contribution in [3.05, 3.63) is 30.1 Å².